The number of amides is 1. The highest BCUT2D eigenvalue weighted by Gasteiger charge is 2.20. The number of rotatable bonds is 6. The van der Waals surface area contributed by atoms with Crippen molar-refractivity contribution in [1.29, 1.82) is 0 Å². The van der Waals surface area contributed by atoms with Gasteiger partial charge in [0.2, 0.25) is 0 Å². The van der Waals surface area contributed by atoms with E-state index in [0.717, 1.165) is 9.13 Å². The van der Waals surface area contributed by atoms with Gasteiger partial charge in [-0.3, -0.25) is 9.78 Å². The molecule has 0 fully saturated rings. The third kappa shape index (κ3) is 4.75. The lowest BCUT2D eigenvalue weighted by Gasteiger charge is -2.24. The molecule has 0 aliphatic carbocycles. The molecule has 0 spiro atoms. The molecule has 0 unspecified atom stereocenters. The average Bonchev–Trinajstić information content (AvgIpc) is 2.73. The summed E-state index contributed by atoms with van der Waals surface area (Å²) in [7, 11) is 0. The Labute approximate surface area is 177 Å². The van der Waals surface area contributed by atoms with Crippen molar-refractivity contribution in [3.8, 4) is 0 Å². The molecule has 3 rings (SSSR count). The quantitative estimate of drug-likeness (QED) is 0.374. The van der Waals surface area contributed by atoms with E-state index in [9.17, 15) is 9.59 Å². The van der Waals surface area contributed by atoms with Gasteiger partial charge in [-0.15, -0.1) is 0 Å². The first-order valence-electron chi connectivity index (χ1n) is 8.82. The second-order valence-electron chi connectivity index (χ2n) is 5.99. The number of benzene rings is 2. The van der Waals surface area contributed by atoms with E-state index in [-0.39, 0.29) is 11.9 Å². The normalized spacial score (nSPS) is 10.4. The lowest BCUT2D eigenvalue weighted by atomic mass is 10.1. The summed E-state index contributed by atoms with van der Waals surface area (Å²) < 4.78 is 5.91. The van der Waals surface area contributed by atoms with Crippen molar-refractivity contribution < 1.29 is 14.3 Å². The first kappa shape index (κ1) is 20.0. The molecule has 0 aliphatic rings. The summed E-state index contributed by atoms with van der Waals surface area (Å²) in [4.78, 5) is 30.9. The van der Waals surface area contributed by atoms with Crippen molar-refractivity contribution in [2.45, 2.75) is 13.5 Å². The SMILES string of the molecule is CCOC(=O)c1ccc(N(Cc2ccncc2)C(=O)c2ccccc2I)cc1. The molecule has 1 aromatic heterocycles. The van der Waals surface area contributed by atoms with E-state index in [2.05, 4.69) is 27.6 Å². The number of anilines is 1. The molecule has 0 saturated carbocycles. The van der Waals surface area contributed by atoms with E-state index in [4.69, 9.17) is 4.74 Å². The number of pyridine rings is 1. The predicted octanol–water partition coefficient (Wildman–Crippen LogP) is 4.71. The van der Waals surface area contributed by atoms with Crippen molar-refractivity contribution in [3.63, 3.8) is 0 Å². The highest BCUT2D eigenvalue weighted by molar-refractivity contribution is 14.1. The molecular weight excluding hydrogens is 467 g/mol. The van der Waals surface area contributed by atoms with E-state index in [1.165, 1.54) is 0 Å². The molecule has 1 heterocycles. The minimum Gasteiger partial charge on any atom is -0.462 e. The first-order valence-corrected chi connectivity index (χ1v) is 9.90. The number of ether oxygens (including phenoxy) is 1. The molecule has 5 nitrogen and oxygen atoms in total. The predicted molar refractivity (Wildman–Crippen MR) is 116 cm³/mol. The smallest absolute Gasteiger partial charge is 0.338 e. The molecule has 3 aromatic rings. The second kappa shape index (κ2) is 9.45. The van der Waals surface area contributed by atoms with Crippen LogP contribution in [0.25, 0.3) is 0 Å². The Morgan fingerprint density at radius 1 is 1.00 bits per heavy atom. The van der Waals surface area contributed by atoms with Gasteiger partial charge < -0.3 is 9.64 Å². The number of carbonyl (C=O) groups excluding carboxylic acids is 2. The van der Waals surface area contributed by atoms with Gasteiger partial charge >= 0.3 is 5.97 Å². The molecule has 0 saturated heterocycles. The first-order chi connectivity index (χ1) is 13.6. The van der Waals surface area contributed by atoms with Crippen LogP contribution in [0.5, 0.6) is 0 Å². The number of aromatic nitrogens is 1. The number of hydrogen-bond acceptors (Lipinski definition) is 4. The van der Waals surface area contributed by atoms with Crippen LogP contribution in [0.15, 0.2) is 73.1 Å². The van der Waals surface area contributed by atoms with Gasteiger partial charge in [0, 0.05) is 21.7 Å². The zero-order valence-electron chi connectivity index (χ0n) is 15.3. The largest absolute Gasteiger partial charge is 0.462 e. The topological polar surface area (TPSA) is 59.5 Å². The van der Waals surface area contributed by atoms with Gasteiger partial charge in [-0.2, -0.15) is 0 Å². The highest BCUT2D eigenvalue weighted by Crippen LogP contribution is 2.23. The Hall–Kier alpha value is -2.74. The van der Waals surface area contributed by atoms with Crippen LogP contribution in [0.3, 0.4) is 0 Å². The zero-order chi connectivity index (χ0) is 19.9. The summed E-state index contributed by atoms with van der Waals surface area (Å²) in [5.74, 6) is -0.482. The molecule has 0 radical (unpaired) electrons. The molecule has 0 atom stereocenters. The maximum Gasteiger partial charge on any atom is 0.338 e. The van der Waals surface area contributed by atoms with Gasteiger partial charge in [-0.05, 0) is 83.6 Å². The lowest BCUT2D eigenvalue weighted by Crippen LogP contribution is -2.31. The van der Waals surface area contributed by atoms with E-state index in [1.54, 1.807) is 48.5 Å². The van der Waals surface area contributed by atoms with E-state index >= 15 is 0 Å². The minimum absolute atomic E-state index is 0.106. The molecule has 0 N–H and O–H groups in total. The fourth-order valence-corrected chi connectivity index (χ4v) is 3.34. The monoisotopic (exact) mass is 486 g/mol. The van der Waals surface area contributed by atoms with Crippen molar-refractivity contribution in [2.75, 3.05) is 11.5 Å². The summed E-state index contributed by atoms with van der Waals surface area (Å²) in [5, 5.41) is 0. The maximum atomic E-state index is 13.3. The fraction of sp³-hybridized carbons (Fsp3) is 0.136. The molecule has 28 heavy (non-hydrogen) atoms. The van der Waals surface area contributed by atoms with E-state index in [0.29, 0.717) is 30.0 Å². The number of halogens is 1. The molecule has 6 heteroatoms. The van der Waals surface area contributed by atoms with Crippen LogP contribution in [-0.2, 0) is 11.3 Å². The number of nitrogens with zero attached hydrogens (tertiary/aromatic N) is 2. The van der Waals surface area contributed by atoms with Crippen LogP contribution in [0, 0.1) is 3.57 Å². The molecule has 2 aromatic carbocycles. The standard InChI is InChI=1S/C22H19IN2O3/c1-2-28-22(27)17-7-9-18(10-8-17)25(15-16-11-13-24-14-12-16)21(26)19-5-3-4-6-20(19)23/h3-14H,2,15H2,1H3. The summed E-state index contributed by atoms with van der Waals surface area (Å²) >= 11 is 2.16. The van der Waals surface area contributed by atoms with Crippen LogP contribution in [0.4, 0.5) is 5.69 Å². The average molecular weight is 486 g/mol. The fourth-order valence-electron chi connectivity index (χ4n) is 2.72. The number of carbonyl (C=O) groups is 2. The van der Waals surface area contributed by atoms with Gasteiger partial charge in [0.15, 0.2) is 0 Å². The molecular formula is C22H19IN2O3. The van der Waals surface area contributed by atoms with Crippen LogP contribution in [-0.4, -0.2) is 23.5 Å². The molecule has 142 valence electrons. The summed E-state index contributed by atoms with van der Waals surface area (Å²) in [6, 6.07) is 18.1. The Kier molecular flexibility index (Phi) is 6.76. The van der Waals surface area contributed by atoms with Gasteiger partial charge in [-0.25, -0.2) is 4.79 Å². The zero-order valence-corrected chi connectivity index (χ0v) is 17.5. The summed E-state index contributed by atoms with van der Waals surface area (Å²) in [6.45, 7) is 2.48. The second-order valence-corrected chi connectivity index (χ2v) is 7.16. The van der Waals surface area contributed by atoms with Gasteiger partial charge in [0.05, 0.1) is 24.3 Å². The van der Waals surface area contributed by atoms with Gasteiger partial charge in [0.25, 0.3) is 5.91 Å². The Bertz CT molecular complexity index is 959. The lowest BCUT2D eigenvalue weighted by molar-refractivity contribution is 0.0526. The van der Waals surface area contributed by atoms with Crippen LogP contribution in [0.1, 0.15) is 33.2 Å². The highest BCUT2D eigenvalue weighted by atomic mass is 127. The van der Waals surface area contributed by atoms with Crippen LogP contribution >= 0.6 is 22.6 Å². The van der Waals surface area contributed by atoms with Crippen LogP contribution < -0.4 is 4.90 Å². The summed E-state index contributed by atoms with van der Waals surface area (Å²) in [5.41, 5.74) is 2.75. The van der Waals surface area contributed by atoms with Gasteiger partial charge in [0.1, 0.15) is 0 Å². The van der Waals surface area contributed by atoms with Crippen molar-refractivity contribution >= 4 is 40.2 Å². The van der Waals surface area contributed by atoms with E-state index in [1.807, 2.05) is 36.4 Å². The summed E-state index contributed by atoms with van der Waals surface area (Å²) in [6.07, 6.45) is 3.40. The molecule has 0 bridgehead atoms. The van der Waals surface area contributed by atoms with Crippen LogP contribution in [0.2, 0.25) is 0 Å². The van der Waals surface area contributed by atoms with Crippen molar-refractivity contribution in [1.82, 2.24) is 4.98 Å². The van der Waals surface area contributed by atoms with E-state index < -0.39 is 0 Å². The number of hydrogen-bond donors (Lipinski definition) is 0. The third-order valence-corrected chi connectivity index (χ3v) is 5.07. The Morgan fingerprint density at radius 2 is 1.68 bits per heavy atom. The maximum absolute atomic E-state index is 13.3. The van der Waals surface area contributed by atoms with Crippen molar-refractivity contribution in [3.05, 3.63) is 93.3 Å². The minimum atomic E-state index is -0.376. The Morgan fingerprint density at radius 3 is 2.32 bits per heavy atom. The Balaban J connectivity index is 1.95. The van der Waals surface area contributed by atoms with Crippen molar-refractivity contribution in [2.24, 2.45) is 0 Å². The number of esters is 1. The van der Waals surface area contributed by atoms with Gasteiger partial charge in [-0.1, -0.05) is 12.1 Å². The third-order valence-electron chi connectivity index (χ3n) is 4.13. The molecule has 0 aliphatic heterocycles. The molecule has 1 amide bonds.